The lowest BCUT2D eigenvalue weighted by atomic mass is 10.1. The van der Waals surface area contributed by atoms with Crippen molar-refractivity contribution >= 4 is 21.8 Å². The fourth-order valence-electron chi connectivity index (χ4n) is 2.71. The summed E-state index contributed by atoms with van der Waals surface area (Å²) in [6.07, 6.45) is 1.55. The summed E-state index contributed by atoms with van der Waals surface area (Å²) in [7, 11) is 0. The minimum absolute atomic E-state index is 0.293. The fourth-order valence-corrected chi connectivity index (χ4v) is 2.71. The summed E-state index contributed by atoms with van der Waals surface area (Å²) in [5.74, 6) is -0.700. The second kappa shape index (κ2) is 5.21. The molecule has 0 amide bonds. The second-order valence-corrected chi connectivity index (χ2v) is 5.30. The molecule has 0 saturated carbocycles. The van der Waals surface area contributed by atoms with Crippen molar-refractivity contribution in [3.8, 4) is 0 Å². The third kappa shape index (κ3) is 2.32. The van der Waals surface area contributed by atoms with Gasteiger partial charge in [-0.05, 0) is 34.5 Å². The van der Waals surface area contributed by atoms with E-state index in [2.05, 4.69) is 4.98 Å². The van der Waals surface area contributed by atoms with Crippen molar-refractivity contribution in [2.45, 2.75) is 6.54 Å². The fraction of sp³-hybridized carbons (Fsp3) is 0.0556. The molecule has 23 heavy (non-hydrogen) atoms. The van der Waals surface area contributed by atoms with Crippen LogP contribution in [0.25, 0.3) is 21.8 Å². The largest absolute Gasteiger partial charge is 0.423 e. The standard InChI is InChI=1S/C18H12N2O3/c21-17-15-6-3-9-19-16(15)20(18(22)23-17)11-12-7-8-13-4-1-2-5-14(13)10-12/h1-10H,11H2. The Hall–Kier alpha value is -3.21. The van der Waals surface area contributed by atoms with Crippen LogP contribution < -0.4 is 11.4 Å². The molecule has 2 aromatic heterocycles. The smallest absolute Gasteiger partial charge is 0.372 e. The number of aromatic nitrogens is 2. The molecule has 0 aliphatic rings. The first-order valence-corrected chi connectivity index (χ1v) is 7.19. The van der Waals surface area contributed by atoms with Crippen molar-refractivity contribution in [2.75, 3.05) is 0 Å². The Morgan fingerprint density at radius 2 is 1.78 bits per heavy atom. The van der Waals surface area contributed by atoms with Gasteiger partial charge in [-0.15, -0.1) is 0 Å². The van der Waals surface area contributed by atoms with Gasteiger partial charge in [0, 0.05) is 6.20 Å². The number of nitrogens with zero attached hydrogens (tertiary/aromatic N) is 2. The average Bonchev–Trinajstić information content (AvgIpc) is 2.58. The average molecular weight is 304 g/mol. The molecule has 0 bridgehead atoms. The Labute approximate surface area is 130 Å². The molecular formula is C18H12N2O3. The summed E-state index contributed by atoms with van der Waals surface area (Å²) < 4.78 is 6.17. The van der Waals surface area contributed by atoms with E-state index in [1.54, 1.807) is 18.3 Å². The summed E-state index contributed by atoms with van der Waals surface area (Å²) in [4.78, 5) is 28.0. The van der Waals surface area contributed by atoms with Crippen molar-refractivity contribution in [3.63, 3.8) is 0 Å². The summed E-state index contributed by atoms with van der Waals surface area (Å²) in [5, 5.41) is 2.52. The van der Waals surface area contributed by atoms with Crippen molar-refractivity contribution < 1.29 is 4.42 Å². The molecule has 2 aromatic carbocycles. The van der Waals surface area contributed by atoms with Gasteiger partial charge in [-0.3, -0.25) is 4.57 Å². The lowest BCUT2D eigenvalue weighted by Gasteiger charge is -2.08. The molecule has 0 saturated heterocycles. The van der Waals surface area contributed by atoms with Crippen molar-refractivity contribution in [3.05, 3.63) is 87.3 Å². The van der Waals surface area contributed by atoms with Gasteiger partial charge in [0.05, 0.1) is 6.54 Å². The normalized spacial score (nSPS) is 11.1. The minimum Gasteiger partial charge on any atom is -0.372 e. The van der Waals surface area contributed by atoms with Gasteiger partial charge in [-0.1, -0.05) is 36.4 Å². The molecule has 4 aromatic rings. The quantitative estimate of drug-likeness (QED) is 0.571. The zero-order chi connectivity index (χ0) is 15.8. The maximum Gasteiger partial charge on any atom is 0.423 e. The maximum atomic E-state index is 12.1. The summed E-state index contributed by atoms with van der Waals surface area (Å²) in [5.41, 5.74) is 0.612. The van der Waals surface area contributed by atoms with E-state index in [0.717, 1.165) is 16.3 Å². The Bertz CT molecular complexity index is 1140. The molecule has 4 rings (SSSR count). The molecule has 0 radical (unpaired) electrons. The summed E-state index contributed by atoms with van der Waals surface area (Å²) in [6.45, 7) is 0.293. The van der Waals surface area contributed by atoms with E-state index in [-0.39, 0.29) is 0 Å². The van der Waals surface area contributed by atoms with Crippen LogP contribution in [0.15, 0.2) is 74.8 Å². The van der Waals surface area contributed by atoms with Crippen LogP contribution in [0.1, 0.15) is 5.56 Å². The van der Waals surface area contributed by atoms with Crippen molar-refractivity contribution in [1.82, 2.24) is 9.55 Å². The van der Waals surface area contributed by atoms with E-state index < -0.39 is 11.4 Å². The predicted molar refractivity (Wildman–Crippen MR) is 87.6 cm³/mol. The first-order chi connectivity index (χ1) is 11.2. The van der Waals surface area contributed by atoms with Crippen LogP contribution in [0.5, 0.6) is 0 Å². The van der Waals surface area contributed by atoms with E-state index in [0.29, 0.717) is 17.6 Å². The molecule has 2 heterocycles. The van der Waals surface area contributed by atoms with Crippen LogP contribution in [-0.2, 0) is 6.54 Å². The van der Waals surface area contributed by atoms with Crippen molar-refractivity contribution in [1.29, 1.82) is 0 Å². The Morgan fingerprint density at radius 1 is 0.957 bits per heavy atom. The number of pyridine rings is 1. The molecule has 0 N–H and O–H groups in total. The summed E-state index contributed by atoms with van der Waals surface area (Å²) in [6, 6.07) is 17.2. The van der Waals surface area contributed by atoms with E-state index in [1.165, 1.54) is 4.57 Å². The van der Waals surface area contributed by atoms with Gasteiger partial charge in [-0.25, -0.2) is 14.6 Å². The van der Waals surface area contributed by atoms with Gasteiger partial charge in [0.2, 0.25) is 0 Å². The Balaban J connectivity index is 1.89. The van der Waals surface area contributed by atoms with Gasteiger partial charge in [0.25, 0.3) is 0 Å². The Kier molecular flexibility index (Phi) is 3.05. The van der Waals surface area contributed by atoms with Crippen LogP contribution >= 0.6 is 0 Å². The zero-order valence-electron chi connectivity index (χ0n) is 12.1. The highest BCUT2D eigenvalue weighted by molar-refractivity contribution is 5.83. The highest BCUT2D eigenvalue weighted by Gasteiger charge is 2.10. The highest BCUT2D eigenvalue weighted by atomic mass is 16.4. The number of hydrogen-bond donors (Lipinski definition) is 0. The monoisotopic (exact) mass is 304 g/mol. The molecule has 0 aliphatic carbocycles. The number of rotatable bonds is 2. The van der Waals surface area contributed by atoms with E-state index in [9.17, 15) is 9.59 Å². The van der Waals surface area contributed by atoms with Gasteiger partial charge in [0.1, 0.15) is 5.39 Å². The van der Waals surface area contributed by atoms with Gasteiger partial charge in [0.15, 0.2) is 5.65 Å². The first-order valence-electron chi connectivity index (χ1n) is 7.19. The Morgan fingerprint density at radius 3 is 2.65 bits per heavy atom. The van der Waals surface area contributed by atoms with Crippen LogP contribution in [0.4, 0.5) is 0 Å². The van der Waals surface area contributed by atoms with Crippen LogP contribution in [-0.4, -0.2) is 9.55 Å². The molecule has 112 valence electrons. The SMILES string of the molecule is O=c1oc(=O)n(Cc2ccc3ccccc3c2)c2ncccc12. The number of fused-ring (bicyclic) bond motifs is 2. The molecular weight excluding hydrogens is 292 g/mol. The maximum absolute atomic E-state index is 12.1. The van der Waals surface area contributed by atoms with E-state index in [4.69, 9.17) is 4.42 Å². The van der Waals surface area contributed by atoms with Crippen LogP contribution in [0, 0.1) is 0 Å². The summed E-state index contributed by atoms with van der Waals surface area (Å²) >= 11 is 0. The molecule has 0 spiro atoms. The topological polar surface area (TPSA) is 65.1 Å². The lowest BCUT2D eigenvalue weighted by molar-refractivity contribution is 0.423. The minimum atomic E-state index is -0.700. The molecule has 0 atom stereocenters. The number of hydrogen-bond acceptors (Lipinski definition) is 4. The molecule has 0 aliphatic heterocycles. The van der Waals surface area contributed by atoms with Gasteiger partial charge < -0.3 is 4.42 Å². The van der Waals surface area contributed by atoms with Crippen molar-refractivity contribution in [2.24, 2.45) is 0 Å². The molecule has 5 heteroatoms. The first kappa shape index (κ1) is 13.5. The third-order valence-electron chi connectivity index (χ3n) is 3.82. The van der Waals surface area contributed by atoms with E-state index in [1.807, 2.05) is 42.5 Å². The molecule has 0 unspecified atom stereocenters. The van der Waals surface area contributed by atoms with Gasteiger partial charge in [-0.2, -0.15) is 0 Å². The van der Waals surface area contributed by atoms with Gasteiger partial charge >= 0.3 is 11.4 Å². The second-order valence-electron chi connectivity index (χ2n) is 5.30. The highest BCUT2D eigenvalue weighted by Crippen LogP contribution is 2.16. The van der Waals surface area contributed by atoms with E-state index >= 15 is 0 Å². The number of benzene rings is 2. The lowest BCUT2D eigenvalue weighted by Crippen LogP contribution is -2.26. The molecule has 0 fully saturated rings. The molecule has 5 nitrogen and oxygen atoms in total. The predicted octanol–water partition coefficient (Wildman–Crippen LogP) is 2.55. The van der Waals surface area contributed by atoms with Crippen LogP contribution in [0.2, 0.25) is 0 Å². The van der Waals surface area contributed by atoms with Crippen LogP contribution in [0.3, 0.4) is 0 Å². The zero-order valence-corrected chi connectivity index (χ0v) is 12.1. The third-order valence-corrected chi connectivity index (χ3v) is 3.82.